The van der Waals surface area contributed by atoms with Crippen LogP contribution in [0.4, 0.5) is 16.0 Å². The second kappa shape index (κ2) is 9.76. The van der Waals surface area contributed by atoms with E-state index in [9.17, 15) is 9.18 Å². The number of benzene rings is 1. The summed E-state index contributed by atoms with van der Waals surface area (Å²) in [5.74, 6) is 1.52. The summed E-state index contributed by atoms with van der Waals surface area (Å²) >= 11 is 0. The number of nitrogens with one attached hydrogen (secondary N) is 1. The van der Waals surface area contributed by atoms with Crippen LogP contribution >= 0.6 is 0 Å². The summed E-state index contributed by atoms with van der Waals surface area (Å²) < 4.78 is 17.0. The number of carbonyl (C=O) groups is 1. The molecule has 3 aromatic heterocycles. The number of nitrogens with zero attached hydrogens (tertiary/aromatic N) is 7. The number of amides is 1. The fourth-order valence-electron chi connectivity index (χ4n) is 5.18. The normalized spacial score (nSPS) is 15.4. The van der Waals surface area contributed by atoms with Crippen LogP contribution in [0.3, 0.4) is 0 Å². The first kappa shape index (κ1) is 24.6. The van der Waals surface area contributed by atoms with E-state index < -0.39 is 0 Å². The number of carbonyl (C=O) groups excluding carboxylic acids is 1. The lowest BCUT2D eigenvalue weighted by Crippen LogP contribution is -2.34. The summed E-state index contributed by atoms with van der Waals surface area (Å²) in [7, 11) is 1.87. The molecule has 0 radical (unpaired) electrons. The lowest BCUT2D eigenvalue weighted by atomic mass is 10.1. The Morgan fingerprint density at radius 3 is 2.59 bits per heavy atom. The van der Waals surface area contributed by atoms with Crippen molar-refractivity contribution in [3.8, 4) is 17.1 Å². The van der Waals surface area contributed by atoms with E-state index in [0.29, 0.717) is 28.7 Å². The molecule has 1 aromatic carbocycles. The highest BCUT2D eigenvalue weighted by Gasteiger charge is 2.30. The molecule has 0 bridgehead atoms. The predicted octanol–water partition coefficient (Wildman–Crippen LogP) is 4.75. The Bertz CT molecular complexity index is 1460. The van der Waals surface area contributed by atoms with Gasteiger partial charge in [-0.2, -0.15) is 10.2 Å². The van der Waals surface area contributed by atoms with Crippen LogP contribution in [0.5, 0.6) is 0 Å². The van der Waals surface area contributed by atoms with Crippen molar-refractivity contribution >= 4 is 17.5 Å². The van der Waals surface area contributed by atoms with Crippen molar-refractivity contribution < 1.29 is 9.18 Å². The van der Waals surface area contributed by atoms with Gasteiger partial charge in [0, 0.05) is 36.8 Å². The molecule has 1 aliphatic heterocycles. The molecular weight excluding hydrogens is 471 g/mol. The second-order valence-corrected chi connectivity index (χ2v) is 9.49. The molecule has 1 atom stereocenters. The third kappa shape index (κ3) is 4.47. The topological polar surface area (TPSA) is 93.8 Å². The Hall–Kier alpha value is -4.08. The molecule has 5 rings (SSSR count). The summed E-state index contributed by atoms with van der Waals surface area (Å²) in [6.45, 7) is 8.67. The van der Waals surface area contributed by atoms with Gasteiger partial charge in [-0.3, -0.25) is 9.48 Å². The van der Waals surface area contributed by atoms with Crippen LogP contribution in [0.15, 0.2) is 36.7 Å². The third-order valence-corrected chi connectivity index (χ3v) is 7.05. The summed E-state index contributed by atoms with van der Waals surface area (Å²) in [4.78, 5) is 24.0. The molecule has 192 valence electrons. The van der Waals surface area contributed by atoms with Crippen molar-refractivity contribution in [3.05, 3.63) is 65.0 Å². The van der Waals surface area contributed by atoms with Gasteiger partial charge < -0.3 is 10.2 Å². The van der Waals surface area contributed by atoms with Gasteiger partial charge in [-0.25, -0.2) is 19.0 Å². The zero-order valence-corrected chi connectivity index (χ0v) is 21.8. The Morgan fingerprint density at radius 1 is 1.16 bits per heavy atom. The van der Waals surface area contributed by atoms with Crippen molar-refractivity contribution in [3.63, 3.8) is 0 Å². The maximum absolute atomic E-state index is 13.5. The van der Waals surface area contributed by atoms with Crippen molar-refractivity contribution in [2.45, 2.75) is 53.0 Å². The molecule has 1 fully saturated rings. The van der Waals surface area contributed by atoms with Crippen molar-refractivity contribution in [2.24, 2.45) is 7.05 Å². The van der Waals surface area contributed by atoms with Gasteiger partial charge in [0.1, 0.15) is 18.0 Å². The summed E-state index contributed by atoms with van der Waals surface area (Å²) in [6.07, 6.45) is 4.23. The number of rotatable bonds is 6. The van der Waals surface area contributed by atoms with Crippen LogP contribution in [0.1, 0.15) is 54.0 Å². The Morgan fingerprint density at radius 2 is 1.92 bits per heavy atom. The molecule has 0 spiro atoms. The van der Waals surface area contributed by atoms with Gasteiger partial charge in [-0.05, 0) is 64.3 Å². The van der Waals surface area contributed by atoms with E-state index in [0.717, 1.165) is 48.3 Å². The molecule has 0 saturated carbocycles. The molecule has 1 saturated heterocycles. The maximum Gasteiger partial charge on any atom is 0.257 e. The van der Waals surface area contributed by atoms with Crippen LogP contribution < -0.4 is 5.32 Å². The first-order valence-electron chi connectivity index (χ1n) is 12.6. The van der Waals surface area contributed by atoms with Crippen LogP contribution in [0.25, 0.3) is 17.1 Å². The highest BCUT2D eigenvalue weighted by atomic mass is 19.1. The van der Waals surface area contributed by atoms with Crippen molar-refractivity contribution in [1.82, 2.24) is 34.4 Å². The number of aryl methyl sites for hydroxylation is 2. The predicted molar refractivity (Wildman–Crippen MR) is 140 cm³/mol. The van der Waals surface area contributed by atoms with Gasteiger partial charge >= 0.3 is 0 Å². The highest BCUT2D eigenvalue weighted by molar-refractivity contribution is 5.97. The third-order valence-electron chi connectivity index (χ3n) is 7.05. The zero-order valence-electron chi connectivity index (χ0n) is 21.8. The molecule has 0 aliphatic carbocycles. The van der Waals surface area contributed by atoms with Crippen LogP contribution in [-0.2, 0) is 13.5 Å². The SMILES string of the molecule is CCc1c(Nc2cc(-n3nc(C)c(C(=O)N4CCC[C@H]4C)c3C)ncn2)nn(C)c1-c1ccc(F)cc1. The molecule has 10 heteroatoms. The minimum Gasteiger partial charge on any atom is -0.336 e. The number of hydrogen-bond donors (Lipinski definition) is 1. The molecule has 4 aromatic rings. The Balaban J connectivity index is 1.46. The molecular formula is C27H31FN8O. The largest absolute Gasteiger partial charge is 0.336 e. The van der Waals surface area contributed by atoms with Crippen LogP contribution in [-0.4, -0.2) is 52.9 Å². The van der Waals surface area contributed by atoms with Gasteiger partial charge in [0.2, 0.25) is 0 Å². The molecule has 37 heavy (non-hydrogen) atoms. The summed E-state index contributed by atoms with van der Waals surface area (Å²) in [5, 5.41) is 12.6. The van der Waals surface area contributed by atoms with Crippen LogP contribution in [0, 0.1) is 19.7 Å². The van der Waals surface area contributed by atoms with E-state index in [4.69, 9.17) is 0 Å². The number of anilines is 2. The quantitative estimate of drug-likeness (QED) is 0.409. The lowest BCUT2D eigenvalue weighted by molar-refractivity contribution is 0.0746. The van der Waals surface area contributed by atoms with E-state index in [1.807, 2.05) is 25.8 Å². The molecule has 1 amide bonds. The maximum atomic E-state index is 13.5. The summed E-state index contributed by atoms with van der Waals surface area (Å²) in [6, 6.07) is 8.42. The molecule has 1 N–H and O–H groups in total. The number of likely N-dealkylation sites (tertiary alicyclic amines) is 1. The lowest BCUT2D eigenvalue weighted by Gasteiger charge is -2.21. The zero-order chi connectivity index (χ0) is 26.3. The van der Waals surface area contributed by atoms with Crippen LogP contribution in [0.2, 0.25) is 0 Å². The average Bonchev–Trinajstić information content (AvgIpc) is 3.54. The minimum absolute atomic E-state index is 0.0213. The standard InChI is InChI=1S/C27H31FN8O/c1-6-21-25(19-9-11-20(28)12-10-19)34(5)33-26(21)31-22-14-23(30-15-29-22)36-18(4)24(17(3)32-36)27(37)35-13-7-8-16(35)2/h9-12,14-16H,6-8,13H2,1-5H3,(H,29,30,31,33)/t16-/m1/s1. The van der Waals surface area contributed by atoms with Gasteiger partial charge in [-0.15, -0.1) is 0 Å². The van der Waals surface area contributed by atoms with E-state index in [2.05, 4.69) is 39.3 Å². The van der Waals surface area contributed by atoms with Gasteiger partial charge in [0.25, 0.3) is 5.91 Å². The fourth-order valence-corrected chi connectivity index (χ4v) is 5.18. The number of halogens is 1. The summed E-state index contributed by atoms with van der Waals surface area (Å²) in [5.41, 5.74) is 4.85. The van der Waals surface area contributed by atoms with E-state index in [1.165, 1.54) is 18.5 Å². The smallest absolute Gasteiger partial charge is 0.257 e. The van der Waals surface area contributed by atoms with Gasteiger partial charge in [-0.1, -0.05) is 6.92 Å². The second-order valence-electron chi connectivity index (χ2n) is 9.49. The van der Waals surface area contributed by atoms with Crippen molar-refractivity contribution in [2.75, 3.05) is 11.9 Å². The number of aromatic nitrogens is 6. The fraction of sp³-hybridized carbons (Fsp3) is 0.370. The molecule has 9 nitrogen and oxygen atoms in total. The molecule has 0 unspecified atom stereocenters. The molecule has 1 aliphatic rings. The molecule has 4 heterocycles. The van der Waals surface area contributed by atoms with Crippen molar-refractivity contribution in [1.29, 1.82) is 0 Å². The Kier molecular flexibility index (Phi) is 6.49. The van der Waals surface area contributed by atoms with E-state index >= 15 is 0 Å². The van der Waals surface area contributed by atoms with Gasteiger partial charge in [0.15, 0.2) is 11.6 Å². The minimum atomic E-state index is -0.278. The van der Waals surface area contributed by atoms with E-state index in [1.54, 1.807) is 27.6 Å². The Labute approximate surface area is 215 Å². The monoisotopic (exact) mass is 502 g/mol. The first-order chi connectivity index (χ1) is 17.8. The van der Waals surface area contributed by atoms with E-state index in [-0.39, 0.29) is 17.8 Å². The highest BCUT2D eigenvalue weighted by Crippen LogP contribution is 2.31. The average molecular weight is 503 g/mol. The van der Waals surface area contributed by atoms with Gasteiger partial charge in [0.05, 0.1) is 22.6 Å². The number of hydrogen-bond acceptors (Lipinski definition) is 6. The first-order valence-corrected chi connectivity index (χ1v) is 12.6.